The molecule has 3 aliphatic heterocycles. The van der Waals surface area contributed by atoms with Crippen molar-refractivity contribution in [3.8, 4) is 0 Å². The van der Waals surface area contributed by atoms with Crippen LogP contribution in [0.5, 0.6) is 0 Å². The second-order valence-electron chi connectivity index (χ2n) is 8.49. The van der Waals surface area contributed by atoms with Crippen molar-refractivity contribution >= 4 is 35.3 Å². The number of carbonyl (C=O) groups excluding carboxylic acids is 3. The lowest BCUT2D eigenvalue weighted by atomic mass is 9.97. The third kappa shape index (κ3) is 4.44. The molecule has 174 valence electrons. The van der Waals surface area contributed by atoms with E-state index in [0.29, 0.717) is 18.8 Å². The van der Waals surface area contributed by atoms with Gasteiger partial charge in [0.25, 0.3) is 0 Å². The molecule has 4 rings (SSSR count). The molecule has 3 fully saturated rings. The number of anilines is 1. The summed E-state index contributed by atoms with van der Waals surface area (Å²) in [5, 5.41) is 6.59. The number of benzene rings is 1. The maximum Gasteiger partial charge on any atom is 0.327 e. The minimum absolute atomic E-state index is 0.0234. The molecule has 3 aliphatic rings. The van der Waals surface area contributed by atoms with Crippen molar-refractivity contribution in [1.82, 2.24) is 25.3 Å². The van der Waals surface area contributed by atoms with Crippen LogP contribution < -0.4 is 15.5 Å². The van der Waals surface area contributed by atoms with E-state index in [1.54, 1.807) is 11.9 Å². The van der Waals surface area contributed by atoms with Crippen molar-refractivity contribution < 1.29 is 14.4 Å². The second kappa shape index (κ2) is 9.68. The number of amides is 4. The van der Waals surface area contributed by atoms with Gasteiger partial charge in [0.2, 0.25) is 11.8 Å². The molecule has 0 saturated carbocycles. The number of nitrogens with zero attached hydrogens (tertiary/aromatic N) is 4. The van der Waals surface area contributed by atoms with Crippen molar-refractivity contribution in [2.75, 3.05) is 50.9 Å². The summed E-state index contributed by atoms with van der Waals surface area (Å²) in [7, 11) is 3.23. The number of thioether (sulfide) groups is 1. The van der Waals surface area contributed by atoms with Gasteiger partial charge in [-0.05, 0) is 18.6 Å². The van der Waals surface area contributed by atoms with E-state index in [-0.39, 0.29) is 35.6 Å². The molecule has 0 bridgehead atoms. The first-order valence-electron chi connectivity index (χ1n) is 11.2. The molecule has 1 aromatic carbocycles. The van der Waals surface area contributed by atoms with E-state index < -0.39 is 5.92 Å². The van der Waals surface area contributed by atoms with Crippen molar-refractivity contribution in [1.29, 1.82) is 0 Å². The molecule has 4 atom stereocenters. The maximum absolute atomic E-state index is 12.9. The molecule has 32 heavy (non-hydrogen) atoms. The molecular formula is C22H32N6O3S. The highest BCUT2D eigenvalue weighted by atomic mass is 32.2. The smallest absolute Gasteiger partial charge is 0.327 e. The number of rotatable bonds is 5. The van der Waals surface area contributed by atoms with Crippen LogP contribution >= 0.6 is 11.8 Å². The lowest BCUT2D eigenvalue weighted by molar-refractivity contribution is -0.140. The van der Waals surface area contributed by atoms with Crippen LogP contribution in [0.1, 0.15) is 13.3 Å². The Bertz CT molecular complexity index is 847. The molecular weight excluding hydrogens is 428 g/mol. The minimum Gasteiger partial charge on any atom is -0.368 e. The molecule has 3 heterocycles. The molecule has 2 N–H and O–H groups in total. The summed E-state index contributed by atoms with van der Waals surface area (Å²) in [6, 6.07) is 9.94. The zero-order valence-corrected chi connectivity index (χ0v) is 19.7. The zero-order chi connectivity index (χ0) is 22.8. The fourth-order valence-electron chi connectivity index (χ4n) is 4.61. The van der Waals surface area contributed by atoms with E-state index in [0.717, 1.165) is 19.5 Å². The van der Waals surface area contributed by atoms with Gasteiger partial charge in [-0.3, -0.25) is 25.1 Å². The van der Waals surface area contributed by atoms with Crippen LogP contribution in [0.25, 0.3) is 0 Å². The highest BCUT2D eigenvalue weighted by Gasteiger charge is 2.50. The summed E-state index contributed by atoms with van der Waals surface area (Å²) in [5.41, 5.74) is 1.18. The van der Waals surface area contributed by atoms with E-state index in [4.69, 9.17) is 0 Å². The third-order valence-electron chi connectivity index (χ3n) is 6.57. The van der Waals surface area contributed by atoms with E-state index in [1.807, 2.05) is 30.0 Å². The number of nitrogens with one attached hydrogen (secondary N) is 2. The number of imide groups is 1. The molecule has 0 spiro atoms. The van der Waals surface area contributed by atoms with Crippen LogP contribution in [-0.4, -0.2) is 96.3 Å². The van der Waals surface area contributed by atoms with Crippen molar-refractivity contribution in [3.05, 3.63) is 30.3 Å². The van der Waals surface area contributed by atoms with Crippen LogP contribution in [0, 0.1) is 5.92 Å². The first-order valence-corrected chi connectivity index (χ1v) is 12.2. The summed E-state index contributed by atoms with van der Waals surface area (Å²) in [6.45, 7) is 5.05. The van der Waals surface area contributed by atoms with Gasteiger partial charge in [0, 0.05) is 46.0 Å². The molecule has 0 aliphatic carbocycles. The summed E-state index contributed by atoms with van der Waals surface area (Å²) < 4.78 is 0. The van der Waals surface area contributed by atoms with Crippen LogP contribution in [0.15, 0.2) is 30.3 Å². The van der Waals surface area contributed by atoms with Gasteiger partial charge in [-0.2, -0.15) is 0 Å². The van der Waals surface area contributed by atoms with E-state index in [2.05, 4.69) is 27.7 Å². The molecule has 1 aromatic rings. The number of hydrogen-bond acceptors (Lipinski definition) is 7. The molecule has 0 radical (unpaired) electrons. The Balaban J connectivity index is 1.36. The molecule has 4 unspecified atom stereocenters. The number of fused-ring (bicyclic) bond motifs is 1. The lowest BCUT2D eigenvalue weighted by Gasteiger charge is -2.50. The van der Waals surface area contributed by atoms with Gasteiger partial charge in [0.15, 0.2) is 0 Å². The van der Waals surface area contributed by atoms with Gasteiger partial charge < -0.3 is 14.7 Å². The predicted octanol–water partition coefficient (Wildman–Crippen LogP) is 0.790. The fourth-order valence-corrected chi connectivity index (χ4v) is 5.85. The van der Waals surface area contributed by atoms with Crippen LogP contribution in [0.4, 0.5) is 10.5 Å². The summed E-state index contributed by atoms with van der Waals surface area (Å²) >= 11 is 1.47. The van der Waals surface area contributed by atoms with Crippen molar-refractivity contribution in [2.24, 2.45) is 5.92 Å². The first-order chi connectivity index (χ1) is 15.4. The molecule has 0 aromatic heterocycles. The van der Waals surface area contributed by atoms with Gasteiger partial charge in [-0.1, -0.05) is 25.1 Å². The average molecular weight is 461 g/mol. The first kappa shape index (κ1) is 22.9. The number of piperazine rings is 1. The third-order valence-corrected chi connectivity index (χ3v) is 7.78. The van der Waals surface area contributed by atoms with Crippen molar-refractivity contribution in [3.63, 3.8) is 0 Å². The average Bonchev–Trinajstić information content (AvgIpc) is 2.84. The Hall–Kier alpha value is -2.30. The van der Waals surface area contributed by atoms with E-state index in [9.17, 15) is 14.4 Å². The van der Waals surface area contributed by atoms with Crippen LogP contribution in [-0.2, 0) is 9.59 Å². The van der Waals surface area contributed by atoms with Gasteiger partial charge in [0.05, 0.1) is 29.4 Å². The number of urea groups is 1. The van der Waals surface area contributed by atoms with Crippen LogP contribution in [0.3, 0.4) is 0 Å². The number of hydrogen-bond donors (Lipinski definition) is 2. The monoisotopic (exact) mass is 460 g/mol. The second-order valence-corrected chi connectivity index (χ2v) is 9.62. The SMILES string of the molecule is CCC1NC(SCC(=O)N2CCN(c3ccccc3)CC2)C2C(=O)N(C)C(=O)N(C)C2N1. The highest BCUT2D eigenvalue weighted by molar-refractivity contribution is 8.00. The fraction of sp³-hybridized carbons (Fsp3) is 0.591. The maximum atomic E-state index is 12.9. The Morgan fingerprint density at radius 3 is 2.41 bits per heavy atom. The van der Waals surface area contributed by atoms with Crippen molar-refractivity contribution in [2.45, 2.75) is 31.0 Å². The summed E-state index contributed by atoms with van der Waals surface area (Å²) in [5.74, 6) is -0.266. The lowest BCUT2D eigenvalue weighted by Crippen LogP contribution is -2.74. The minimum atomic E-state index is -0.446. The largest absolute Gasteiger partial charge is 0.368 e. The molecule has 9 nitrogen and oxygen atoms in total. The predicted molar refractivity (Wildman–Crippen MR) is 125 cm³/mol. The Morgan fingerprint density at radius 1 is 1.06 bits per heavy atom. The van der Waals surface area contributed by atoms with Gasteiger partial charge in [-0.25, -0.2) is 4.79 Å². The van der Waals surface area contributed by atoms with Gasteiger partial charge in [0.1, 0.15) is 0 Å². The normalized spacial score (nSPS) is 28.7. The topological polar surface area (TPSA) is 88.2 Å². The van der Waals surface area contributed by atoms with Crippen LogP contribution in [0.2, 0.25) is 0 Å². The van der Waals surface area contributed by atoms with E-state index in [1.165, 1.54) is 29.4 Å². The highest BCUT2D eigenvalue weighted by Crippen LogP contribution is 2.32. The molecule has 4 amide bonds. The quantitative estimate of drug-likeness (QED) is 0.672. The van der Waals surface area contributed by atoms with Gasteiger partial charge >= 0.3 is 6.03 Å². The summed E-state index contributed by atoms with van der Waals surface area (Å²) in [6.07, 6.45) is 0.408. The Kier molecular flexibility index (Phi) is 6.92. The van der Waals surface area contributed by atoms with E-state index >= 15 is 0 Å². The summed E-state index contributed by atoms with van der Waals surface area (Å²) in [4.78, 5) is 45.2. The Morgan fingerprint density at radius 2 is 1.75 bits per heavy atom. The number of para-hydroxylation sites is 1. The standard InChI is InChI=1S/C22H32N6O3S/c1-4-16-23-19-18(21(30)26(3)22(31)25(19)2)20(24-16)32-14-17(29)28-12-10-27(11-13-28)15-8-6-5-7-9-15/h5-9,16,18-20,23-24H,4,10-14H2,1-3H3. The molecule has 10 heteroatoms. The number of carbonyl (C=O) groups is 3. The zero-order valence-electron chi connectivity index (χ0n) is 18.9. The molecule has 3 saturated heterocycles. The van der Waals surface area contributed by atoms with Gasteiger partial charge in [-0.15, -0.1) is 11.8 Å². The Labute approximate surface area is 193 Å².